The highest BCUT2D eigenvalue weighted by Crippen LogP contribution is 2.21. The first-order chi connectivity index (χ1) is 10.8. The minimum absolute atomic E-state index is 0.123. The van der Waals surface area contributed by atoms with Crippen LogP contribution in [0.1, 0.15) is 25.3 Å². The molecule has 0 aromatic heterocycles. The molecule has 0 aliphatic carbocycles. The van der Waals surface area contributed by atoms with Crippen LogP contribution in [0.4, 0.5) is 10.1 Å². The molecule has 0 radical (unpaired) electrons. The second-order valence-electron chi connectivity index (χ2n) is 5.60. The molecular formula is C17H28FN3O. The third-order valence-electron chi connectivity index (χ3n) is 3.87. The average molecular weight is 309 g/mol. The Balaban J connectivity index is 1.86. The van der Waals surface area contributed by atoms with Gasteiger partial charge in [0.2, 0.25) is 0 Å². The van der Waals surface area contributed by atoms with Crippen LogP contribution in [0.5, 0.6) is 0 Å². The molecule has 1 aromatic rings. The van der Waals surface area contributed by atoms with Gasteiger partial charge in [0.1, 0.15) is 5.82 Å². The lowest BCUT2D eigenvalue weighted by molar-refractivity contribution is 0.144. The molecule has 1 saturated heterocycles. The molecule has 1 aliphatic rings. The van der Waals surface area contributed by atoms with Gasteiger partial charge in [0.25, 0.3) is 0 Å². The maximum atomic E-state index is 14.1. The van der Waals surface area contributed by atoms with E-state index in [2.05, 4.69) is 15.5 Å². The number of nitrogens with zero attached hydrogens (tertiary/aromatic N) is 1. The first kappa shape index (κ1) is 17.2. The Labute approximate surface area is 133 Å². The van der Waals surface area contributed by atoms with Crippen molar-refractivity contribution in [2.75, 3.05) is 50.8 Å². The third kappa shape index (κ3) is 5.55. The molecule has 124 valence electrons. The molecule has 1 fully saturated rings. The summed E-state index contributed by atoms with van der Waals surface area (Å²) in [6.07, 6.45) is 2.05. The van der Waals surface area contributed by atoms with Crippen LogP contribution < -0.4 is 15.5 Å². The Hall–Kier alpha value is -1.17. The zero-order chi connectivity index (χ0) is 15.6. The molecule has 22 heavy (non-hydrogen) atoms. The van der Waals surface area contributed by atoms with Gasteiger partial charge in [-0.05, 0) is 50.6 Å². The normalized spacial score (nSPS) is 15.8. The first-order valence-corrected chi connectivity index (χ1v) is 8.34. The summed E-state index contributed by atoms with van der Waals surface area (Å²) in [5.74, 6) is -0.123. The first-order valence-electron chi connectivity index (χ1n) is 8.34. The van der Waals surface area contributed by atoms with E-state index in [0.717, 1.165) is 76.6 Å². The fourth-order valence-electron chi connectivity index (χ4n) is 2.67. The van der Waals surface area contributed by atoms with E-state index >= 15 is 0 Å². The predicted molar refractivity (Wildman–Crippen MR) is 88.9 cm³/mol. The minimum Gasteiger partial charge on any atom is -0.382 e. The van der Waals surface area contributed by atoms with E-state index in [4.69, 9.17) is 4.74 Å². The molecule has 5 heteroatoms. The van der Waals surface area contributed by atoms with Gasteiger partial charge in [0.15, 0.2) is 0 Å². The molecule has 1 heterocycles. The summed E-state index contributed by atoms with van der Waals surface area (Å²) in [5, 5.41) is 6.74. The maximum absolute atomic E-state index is 14.1. The van der Waals surface area contributed by atoms with E-state index in [0.29, 0.717) is 0 Å². The van der Waals surface area contributed by atoms with Crippen LogP contribution in [-0.4, -0.2) is 45.9 Å². The van der Waals surface area contributed by atoms with Gasteiger partial charge in [-0.15, -0.1) is 0 Å². The smallest absolute Gasteiger partial charge is 0.146 e. The molecule has 0 atom stereocenters. The van der Waals surface area contributed by atoms with E-state index in [9.17, 15) is 4.39 Å². The van der Waals surface area contributed by atoms with Crippen molar-refractivity contribution in [2.24, 2.45) is 0 Å². The Bertz CT molecular complexity index is 434. The van der Waals surface area contributed by atoms with Crippen molar-refractivity contribution in [3.8, 4) is 0 Å². The summed E-state index contributed by atoms with van der Waals surface area (Å²) in [6, 6.07) is 5.44. The highest BCUT2D eigenvalue weighted by atomic mass is 19.1. The van der Waals surface area contributed by atoms with E-state index in [1.54, 1.807) is 6.07 Å². The lowest BCUT2D eigenvalue weighted by Crippen LogP contribution is -2.28. The largest absolute Gasteiger partial charge is 0.382 e. The standard InChI is InChI=1S/C17H28FN3O/c1-2-22-12-4-8-20-14-15-5-6-16(18)17(13-15)21-10-3-7-19-9-11-21/h5-6,13,19-20H,2-4,7-12,14H2,1H3. The van der Waals surface area contributed by atoms with Gasteiger partial charge in [0, 0.05) is 39.4 Å². The minimum atomic E-state index is -0.123. The fraction of sp³-hybridized carbons (Fsp3) is 0.647. The Kier molecular flexibility index (Phi) is 7.63. The summed E-state index contributed by atoms with van der Waals surface area (Å²) >= 11 is 0. The topological polar surface area (TPSA) is 36.5 Å². The summed E-state index contributed by atoms with van der Waals surface area (Å²) in [5.41, 5.74) is 1.86. The van der Waals surface area contributed by atoms with Gasteiger partial charge in [-0.3, -0.25) is 0 Å². The van der Waals surface area contributed by atoms with Gasteiger partial charge in [0.05, 0.1) is 5.69 Å². The molecule has 0 bridgehead atoms. The number of nitrogens with one attached hydrogen (secondary N) is 2. The van der Waals surface area contributed by atoms with Crippen molar-refractivity contribution >= 4 is 5.69 Å². The maximum Gasteiger partial charge on any atom is 0.146 e. The van der Waals surface area contributed by atoms with Crippen LogP contribution >= 0.6 is 0 Å². The number of ether oxygens (including phenoxy) is 1. The number of hydrogen-bond acceptors (Lipinski definition) is 4. The highest BCUT2D eigenvalue weighted by molar-refractivity contribution is 5.50. The summed E-state index contributed by atoms with van der Waals surface area (Å²) in [6.45, 7) is 8.96. The quantitative estimate of drug-likeness (QED) is 0.722. The van der Waals surface area contributed by atoms with Crippen molar-refractivity contribution in [1.29, 1.82) is 0 Å². The van der Waals surface area contributed by atoms with Gasteiger partial charge in [-0.25, -0.2) is 4.39 Å². The zero-order valence-corrected chi connectivity index (χ0v) is 13.5. The lowest BCUT2D eigenvalue weighted by atomic mass is 10.1. The van der Waals surface area contributed by atoms with Crippen molar-refractivity contribution in [2.45, 2.75) is 26.3 Å². The van der Waals surface area contributed by atoms with Crippen LogP contribution in [0, 0.1) is 5.82 Å². The number of halogens is 1. The van der Waals surface area contributed by atoms with E-state index in [1.165, 1.54) is 0 Å². The molecule has 0 saturated carbocycles. The van der Waals surface area contributed by atoms with Gasteiger partial charge < -0.3 is 20.3 Å². The molecule has 2 N–H and O–H groups in total. The highest BCUT2D eigenvalue weighted by Gasteiger charge is 2.14. The SMILES string of the molecule is CCOCCCNCc1ccc(F)c(N2CCCNCC2)c1. The number of anilines is 1. The molecular weight excluding hydrogens is 281 g/mol. The lowest BCUT2D eigenvalue weighted by Gasteiger charge is -2.23. The Morgan fingerprint density at radius 1 is 1.32 bits per heavy atom. The van der Waals surface area contributed by atoms with E-state index < -0.39 is 0 Å². The Morgan fingerprint density at radius 2 is 2.23 bits per heavy atom. The molecule has 2 rings (SSSR count). The van der Waals surface area contributed by atoms with Crippen molar-refractivity contribution in [1.82, 2.24) is 10.6 Å². The van der Waals surface area contributed by atoms with Crippen LogP contribution in [0.25, 0.3) is 0 Å². The van der Waals surface area contributed by atoms with Crippen LogP contribution in [0.15, 0.2) is 18.2 Å². The van der Waals surface area contributed by atoms with Gasteiger partial charge >= 0.3 is 0 Å². The predicted octanol–water partition coefficient (Wildman–Crippen LogP) is 2.14. The van der Waals surface area contributed by atoms with Crippen LogP contribution in [-0.2, 0) is 11.3 Å². The van der Waals surface area contributed by atoms with Gasteiger partial charge in [-0.2, -0.15) is 0 Å². The molecule has 0 unspecified atom stereocenters. The third-order valence-corrected chi connectivity index (χ3v) is 3.87. The van der Waals surface area contributed by atoms with Crippen LogP contribution in [0.3, 0.4) is 0 Å². The van der Waals surface area contributed by atoms with Crippen LogP contribution in [0.2, 0.25) is 0 Å². The van der Waals surface area contributed by atoms with E-state index in [-0.39, 0.29) is 5.82 Å². The zero-order valence-electron chi connectivity index (χ0n) is 13.5. The monoisotopic (exact) mass is 309 g/mol. The molecule has 0 spiro atoms. The molecule has 0 amide bonds. The molecule has 1 aromatic carbocycles. The molecule has 4 nitrogen and oxygen atoms in total. The van der Waals surface area contributed by atoms with Crippen molar-refractivity contribution in [3.05, 3.63) is 29.6 Å². The number of rotatable bonds is 8. The number of hydrogen-bond donors (Lipinski definition) is 2. The summed E-state index contributed by atoms with van der Waals surface area (Å²) in [7, 11) is 0. The van der Waals surface area contributed by atoms with Crippen molar-refractivity contribution < 1.29 is 9.13 Å². The second kappa shape index (κ2) is 9.77. The van der Waals surface area contributed by atoms with E-state index in [1.807, 2.05) is 19.1 Å². The fourth-order valence-corrected chi connectivity index (χ4v) is 2.67. The molecule has 1 aliphatic heterocycles. The van der Waals surface area contributed by atoms with Crippen molar-refractivity contribution in [3.63, 3.8) is 0 Å². The Morgan fingerprint density at radius 3 is 3.09 bits per heavy atom. The summed E-state index contributed by atoms with van der Waals surface area (Å²) in [4.78, 5) is 2.15. The number of benzene rings is 1. The summed E-state index contributed by atoms with van der Waals surface area (Å²) < 4.78 is 19.4. The average Bonchev–Trinajstić information content (AvgIpc) is 2.81. The van der Waals surface area contributed by atoms with Gasteiger partial charge in [-0.1, -0.05) is 6.07 Å². The second-order valence-corrected chi connectivity index (χ2v) is 5.60.